The Balaban J connectivity index is 2.52. The summed E-state index contributed by atoms with van der Waals surface area (Å²) in [5, 5.41) is 0. The second-order valence-electron chi connectivity index (χ2n) is 8.86. The average Bonchev–Trinajstić information content (AvgIpc) is 2.85. The number of rotatable bonds is 14. The Labute approximate surface area is 204 Å². The summed E-state index contributed by atoms with van der Waals surface area (Å²) in [5.41, 5.74) is -0.593. The molecule has 1 atom stereocenters. The summed E-state index contributed by atoms with van der Waals surface area (Å²) in [6.45, 7) is 5.78. The zero-order valence-corrected chi connectivity index (χ0v) is 21.0. The molecular weight excluding hydrogens is 467 g/mol. The van der Waals surface area contributed by atoms with Crippen molar-refractivity contribution < 1.29 is 36.2 Å². The summed E-state index contributed by atoms with van der Waals surface area (Å²) >= 11 is 0. The number of hydrogen-bond acceptors (Lipinski definition) is 3. The van der Waals surface area contributed by atoms with Crippen molar-refractivity contribution in [1.29, 1.82) is 0 Å². The largest absolute Gasteiger partial charge is 0.330 e. The van der Waals surface area contributed by atoms with E-state index in [4.69, 9.17) is 14.2 Å². The van der Waals surface area contributed by atoms with Gasteiger partial charge in [0.15, 0.2) is 23.3 Å². The quantitative estimate of drug-likeness (QED) is 0.0856. The van der Waals surface area contributed by atoms with Gasteiger partial charge in [-0.1, -0.05) is 69.7 Å². The highest BCUT2D eigenvalue weighted by Gasteiger charge is 2.43. The number of unbranched alkanes of at least 4 members (excludes halogenated alkanes) is 5. The molecule has 2 rings (SSSR count). The molecule has 0 aliphatic carbocycles. The lowest BCUT2D eigenvalue weighted by Crippen LogP contribution is -2.45. The first-order valence-electron chi connectivity index (χ1n) is 12.0. The number of hydrogen-bond donors (Lipinski definition) is 0. The third-order valence-corrected chi connectivity index (χ3v) is 6.03. The fourth-order valence-corrected chi connectivity index (χ4v) is 4.32. The first-order valence-corrected chi connectivity index (χ1v) is 12.0. The molecule has 3 nitrogen and oxygen atoms in total. The second-order valence-corrected chi connectivity index (χ2v) is 8.86. The van der Waals surface area contributed by atoms with Crippen molar-refractivity contribution in [2.24, 2.45) is 0 Å². The molecule has 0 radical (unpaired) electrons. The van der Waals surface area contributed by atoms with Crippen LogP contribution in [0.25, 0.3) is 11.1 Å². The van der Waals surface area contributed by atoms with Gasteiger partial charge in [0.05, 0.1) is 17.6 Å². The molecule has 2 aromatic carbocycles. The summed E-state index contributed by atoms with van der Waals surface area (Å²) in [6, 6.07) is 5.90. The number of ether oxygens (including phenoxy) is 3. The molecule has 0 saturated carbocycles. The van der Waals surface area contributed by atoms with E-state index in [1.54, 1.807) is 6.07 Å². The molecule has 0 saturated heterocycles. The molecule has 0 heterocycles. The maximum Gasteiger partial charge on any atom is 0.289 e. The summed E-state index contributed by atoms with van der Waals surface area (Å²) in [4.78, 5) is 0. The van der Waals surface area contributed by atoms with E-state index in [9.17, 15) is 22.0 Å². The van der Waals surface area contributed by atoms with E-state index in [2.05, 4.69) is 6.92 Å². The minimum Gasteiger partial charge on any atom is -0.330 e. The number of benzene rings is 2. The first-order chi connectivity index (χ1) is 16.6. The minimum absolute atomic E-state index is 0.145. The van der Waals surface area contributed by atoms with Gasteiger partial charge in [-0.3, -0.25) is 0 Å². The fourth-order valence-electron chi connectivity index (χ4n) is 4.32. The predicted molar refractivity (Wildman–Crippen MR) is 125 cm³/mol. The lowest BCUT2D eigenvalue weighted by atomic mass is 9.88. The van der Waals surface area contributed by atoms with Gasteiger partial charge in [-0.15, -0.1) is 0 Å². The van der Waals surface area contributed by atoms with Crippen LogP contribution in [0.4, 0.5) is 22.0 Å². The van der Waals surface area contributed by atoms with Crippen LogP contribution in [0.2, 0.25) is 0 Å². The molecule has 0 N–H and O–H groups in total. The van der Waals surface area contributed by atoms with Gasteiger partial charge in [0.1, 0.15) is 0 Å². The van der Waals surface area contributed by atoms with Gasteiger partial charge < -0.3 is 14.2 Å². The number of methoxy groups -OCH3 is 2. The summed E-state index contributed by atoms with van der Waals surface area (Å²) < 4.78 is 87.7. The van der Waals surface area contributed by atoms with Gasteiger partial charge in [0, 0.05) is 14.2 Å². The molecule has 196 valence electrons. The Kier molecular flexibility index (Phi) is 11.1. The molecule has 1 unspecified atom stereocenters. The topological polar surface area (TPSA) is 27.7 Å². The Hall–Kier alpha value is -2.03. The Bertz CT molecular complexity index is 931. The predicted octanol–water partition coefficient (Wildman–Crippen LogP) is 8.25. The third-order valence-electron chi connectivity index (χ3n) is 6.03. The van der Waals surface area contributed by atoms with Crippen molar-refractivity contribution in [1.82, 2.24) is 0 Å². The normalized spacial score (nSPS) is 13.0. The molecule has 0 spiro atoms. The van der Waals surface area contributed by atoms with Crippen LogP contribution in [0, 0.1) is 29.1 Å². The van der Waals surface area contributed by atoms with E-state index in [1.807, 2.05) is 13.8 Å². The molecule has 0 fully saturated rings. The minimum atomic E-state index is -2.19. The van der Waals surface area contributed by atoms with Crippen LogP contribution in [-0.4, -0.2) is 26.3 Å². The van der Waals surface area contributed by atoms with Crippen LogP contribution < -0.4 is 0 Å². The summed E-state index contributed by atoms with van der Waals surface area (Å²) in [7, 11) is 2.88. The van der Waals surface area contributed by atoms with Gasteiger partial charge in [-0.25, -0.2) is 22.0 Å². The van der Waals surface area contributed by atoms with Gasteiger partial charge in [-0.05, 0) is 31.4 Å². The highest BCUT2D eigenvalue weighted by Crippen LogP contribution is 2.40. The van der Waals surface area contributed by atoms with Crippen LogP contribution in [0.1, 0.15) is 77.2 Å². The molecule has 2 aromatic rings. The van der Waals surface area contributed by atoms with Crippen molar-refractivity contribution in [2.75, 3.05) is 14.2 Å². The summed E-state index contributed by atoms with van der Waals surface area (Å²) in [5.74, 6) is -12.0. The van der Waals surface area contributed by atoms with Crippen molar-refractivity contribution in [3.8, 4) is 11.1 Å². The molecule has 0 aliphatic heterocycles. The van der Waals surface area contributed by atoms with E-state index >= 15 is 0 Å². The maximum absolute atomic E-state index is 14.5. The zero-order chi connectivity index (χ0) is 26.2. The van der Waals surface area contributed by atoms with Gasteiger partial charge in [-0.2, -0.15) is 0 Å². The average molecular weight is 503 g/mol. The van der Waals surface area contributed by atoms with E-state index in [0.717, 1.165) is 38.5 Å². The summed E-state index contributed by atoms with van der Waals surface area (Å²) in [6.07, 6.45) is 6.51. The molecule has 0 aromatic heterocycles. The van der Waals surface area contributed by atoms with E-state index < -0.39 is 46.5 Å². The van der Waals surface area contributed by atoms with E-state index in [-0.39, 0.29) is 11.7 Å². The molecule has 0 bridgehead atoms. The molecule has 8 heteroatoms. The Morgan fingerprint density at radius 3 is 1.86 bits per heavy atom. The van der Waals surface area contributed by atoms with Crippen molar-refractivity contribution in [2.45, 2.75) is 83.7 Å². The lowest BCUT2D eigenvalue weighted by molar-refractivity contribution is -0.385. The molecular formula is C27H35F5O3. The van der Waals surface area contributed by atoms with Crippen LogP contribution in [-0.2, 0) is 14.2 Å². The third kappa shape index (κ3) is 6.80. The van der Waals surface area contributed by atoms with Gasteiger partial charge >= 0.3 is 0 Å². The van der Waals surface area contributed by atoms with Crippen molar-refractivity contribution >= 4 is 0 Å². The van der Waals surface area contributed by atoms with Crippen LogP contribution in [0.3, 0.4) is 0 Å². The standard InChI is InChI=1S/C27H35F5O3/c1-6-7-8-9-10-11-15-20(27(33-4,34-5)35-17(2)3)18-13-12-14-19(16-18)21-22(28)24(30)26(32)25(31)23(21)29/h12-14,16-17,20H,6-11,15H2,1-5H3. The van der Waals surface area contributed by atoms with Crippen molar-refractivity contribution in [3.63, 3.8) is 0 Å². The Morgan fingerprint density at radius 2 is 1.31 bits per heavy atom. The first kappa shape index (κ1) is 29.2. The number of halogens is 5. The molecule has 0 aliphatic rings. The lowest BCUT2D eigenvalue weighted by Gasteiger charge is -2.39. The van der Waals surface area contributed by atoms with Crippen molar-refractivity contribution in [3.05, 3.63) is 58.9 Å². The Morgan fingerprint density at radius 1 is 0.771 bits per heavy atom. The second kappa shape index (κ2) is 13.3. The van der Waals surface area contributed by atoms with Crippen LogP contribution >= 0.6 is 0 Å². The highest BCUT2D eigenvalue weighted by molar-refractivity contribution is 5.66. The van der Waals surface area contributed by atoms with E-state index in [1.165, 1.54) is 32.4 Å². The molecule has 0 amide bonds. The smallest absolute Gasteiger partial charge is 0.289 e. The van der Waals surface area contributed by atoms with Gasteiger partial charge in [0.25, 0.3) is 5.97 Å². The monoisotopic (exact) mass is 502 g/mol. The highest BCUT2D eigenvalue weighted by atomic mass is 19.2. The van der Waals surface area contributed by atoms with E-state index in [0.29, 0.717) is 12.0 Å². The van der Waals surface area contributed by atoms with Crippen LogP contribution in [0.15, 0.2) is 24.3 Å². The maximum atomic E-state index is 14.5. The van der Waals surface area contributed by atoms with Crippen LogP contribution in [0.5, 0.6) is 0 Å². The molecule has 35 heavy (non-hydrogen) atoms. The fraction of sp³-hybridized carbons (Fsp3) is 0.556. The zero-order valence-electron chi connectivity index (χ0n) is 21.0. The SMILES string of the molecule is CCCCCCCCC(c1cccc(-c2c(F)c(F)c(F)c(F)c2F)c1)C(OC)(OC)OC(C)C. The van der Waals surface area contributed by atoms with Gasteiger partial charge in [0.2, 0.25) is 5.82 Å².